The number of carbonyl (C=O) groups is 1. The molecular weight excluding hydrogens is 350 g/mol. The van der Waals surface area contributed by atoms with Gasteiger partial charge in [-0.3, -0.25) is 9.36 Å². The molecule has 0 N–H and O–H groups in total. The molecule has 0 aliphatic carbocycles. The number of aromatic nitrogens is 5. The lowest BCUT2D eigenvalue weighted by Gasteiger charge is -2.09. The van der Waals surface area contributed by atoms with Crippen molar-refractivity contribution in [1.82, 2.24) is 24.1 Å². The van der Waals surface area contributed by atoms with Crippen molar-refractivity contribution >= 4 is 28.4 Å². The summed E-state index contributed by atoms with van der Waals surface area (Å²) in [6.45, 7) is 2.83. The highest BCUT2D eigenvalue weighted by Crippen LogP contribution is 2.27. The molecular formula is C22H17N5O. The number of hydrogen-bond donors (Lipinski definition) is 0. The number of hydrogen-bond acceptors (Lipinski definition) is 4. The molecule has 0 saturated carbocycles. The summed E-state index contributed by atoms with van der Waals surface area (Å²) in [5.41, 5.74) is 4.10. The number of aryl methyl sites for hydroxylation is 1. The van der Waals surface area contributed by atoms with Gasteiger partial charge in [-0.1, -0.05) is 42.5 Å². The second-order valence-electron chi connectivity index (χ2n) is 6.56. The molecule has 0 amide bonds. The van der Waals surface area contributed by atoms with Gasteiger partial charge in [0.15, 0.2) is 22.8 Å². The van der Waals surface area contributed by atoms with E-state index in [0.29, 0.717) is 11.4 Å². The molecule has 2 aromatic carbocycles. The zero-order valence-corrected chi connectivity index (χ0v) is 15.3. The first-order valence-corrected chi connectivity index (χ1v) is 9.13. The van der Waals surface area contributed by atoms with Gasteiger partial charge in [0, 0.05) is 23.9 Å². The molecule has 0 fully saturated rings. The highest BCUT2D eigenvalue weighted by atomic mass is 16.1. The zero-order valence-electron chi connectivity index (χ0n) is 15.3. The smallest absolute Gasteiger partial charge is 0.169 e. The standard InChI is InChI=1S/C22H17N5O/c1-2-26-14-23-19-21(26)24-20(17-9-7-15(13-28)8-10-17)25-22(19)27-12-11-16-5-3-4-6-18(16)27/h3-14H,2H2,1H3. The fourth-order valence-electron chi connectivity index (χ4n) is 3.44. The number of para-hydroxylation sites is 1. The quantitative estimate of drug-likeness (QED) is 0.445. The van der Waals surface area contributed by atoms with Crippen molar-refractivity contribution in [2.24, 2.45) is 0 Å². The minimum atomic E-state index is 0.605. The van der Waals surface area contributed by atoms with Crippen molar-refractivity contribution in [3.05, 3.63) is 72.7 Å². The molecule has 6 nitrogen and oxygen atoms in total. The molecule has 3 heterocycles. The molecule has 6 heteroatoms. The van der Waals surface area contributed by atoms with E-state index in [2.05, 4.69) is 34.7 Å². The van der Waals surface area contributed by atoms with Gasteiger partial charge in [-0.15, -0.1) is 0 Å². The number of fused-ring (bicyclic) bond motifs is 2. The molecule has 5 rings (SSSR count). The van der Waals surface area contributed by atoms with Crippen molar-refractivity contribution in [3.63, 3.8) is 0 Å². The Hall–Kier alpha value is -3.80. The van der Waals surface area contributed by atoms with Crippen LogP contribution in [0.3, 0.4) is 0 Å². The van der Waals surface area contributed by atoms with E-state index in [0.717, 1.165) is 46.3 Å². The van der Waals surface area contributed by atoms with Crippen LogP contribution in [0.15, 0.2) is 67.1 Å². The predicted molar refractivity (Wildman–Crippen MR) is 109 cm³/mol. The molecule has 0 aliphatic heterocycles. The molecule has 3 aromatic heterocycles. The number of aldehydes is 1. The Morgan fingerprint density at radius 2 is 1.82 bits per heavy atom. The molecule has 0 saturated heterocycles. The van der Waals surface area contributed by atoms with Crippen LogP contribution < -0.4 is 0 Å². The number of nitrogens with zero attached hydrogens (tertiary/aromatic N) is 5. The summed E-state index contributed by atoms with van der Waals surface area (Å²) in [4.78, 5) is 25.2. The van der Waals surface area contributed by atoms with E-state index in [1.165, 1.54) is 0 Å². The van der Waals surface area contributed by atoms with Crippen molar-refractivity contribution in [3.8, 4) is 17.2 Å². The lowest BCUT2D eigenvalue weighted by Crippen LogP contribution is -2.03. The first kappa shape index (κ1) is 16.4. The molecule has 0 unspecified atom stereocenters. The van der Waals surface area contributed by atoms with Gasteiger partial charge in [0.2, 0.25) is 0 Å². The highest BCUT2D eigenvalue weighted by Gasteiger charge is 2.16. The maximum Gasteiger partial charge on any atom is 0.169 e. The highest BCUT2D eigenvalue weighted by molar-refractivity contribution is 5.87. The van der Waals surface area contributed by atoms with E-state index in [-0.39, 0.29) is 0 Å². The third-order valence-electron chi connectivity index (χ3n) is 4.92. The van der Waals surface area contributed by atoms with Crippen molar-refractivity contribution in [1.29, 1.82) is 0 Å². The molecule has 0 bridgehead atoms. The summed E-state index contributed by atoms with van der Waals surface area (Å²) in [6, 6.07) is 17.5. The number of carbonyl (C=O) groups excluding carboxylic acids is 1. The third kappa shape index (κ3) is 2.50. The van der Waals surface area contributed by atoms with E-state index in [1.54, 1.807) is 18.5 Å². The van der Waals surface area contributed by atoms with Gasteiger partial charge in [0.25, 0.3) is 0 Å². The molecule has 0 radical (unpaired) electrons. The van der Waals surface area contributed by atoms with E-state index in [9.17, 15) is 4.79 Å². The molecule has 136 valence electrons. The lowest BCUT2D eigenvalue weighted by atomic mass is 10.1. The number of benzene rings is 2. The third-order valence-corrected chi connectivity index (χ3v) is 4.92. The summed E-state index contributed by atoms with van der Waals surface area (Å²) in [6.07, 6.45) is 4.64. The Bertz CT molecular complexity index is 1310. The minimum absolute atomic E-state index is 0.605. The molecule has 0 aliphatic rings. The Kier molecular flexibility index (Phi) is 3.76. The van der Waals surface area contributed by atoms with Crippen LogP contribution >= 0.6 is 0 Å². The van der Waals surface area contributed by atoms with Gasteiger partial charge < -0.3 is 4.57 Å². The Balaban J connectivity index is 1.80. The predicted octanol–water partition coefficient (Wildman–Crippen LogP) is 4.27. The molecule has 0 spiro atoms. The Morgan fingerprint density at radius 1 is 1.00 bits per heavy atom. The summed E-state index contributed by atoms with van der Waals surface area (Å²) in [7, 11) is 0. The summed E-state index contributed by atoms with van der Waals surface area (Å²) < 4.78 is 4.06. The van der Waals surface area contributed by atoms with E-state index < -0.39 is 0 Å². The van der Waals surface area contributed by atoms with Crippen molar-refractivity contribution in [2.45, 2.75) is 13.5 Å². The summed E-state index contributed by atoms with van der Waals surface area (Å²) >= 11 is 0. The molecule has 28 heavy (non-hydrogen) atoms. The molecule has 5 aromatic rings. The second-order valence-corrected chi connectivity index (χ2v) is 6.56. The van der Waals surface area contributed by atoms with Crippen LogP contribution in [0, 0.1) is 0 Å². The van der Waals surface area contributed by atoms with Gasteiger partial charge in [-0.2, -0.15) is 0 Å². The Labute approximate surface area is 161 Å². The van der Waals surface area contributed by atoms with E-state index >= 15 is 0 Å². The molecule has 0 atom stereocenters. The van der Waals surface area contributed by atoms with Crippen LogP contribution in [0.4, 0.5) is 0 Å². The van der Waals surface area contributed by atoms with Gasteiger partial charge in [-0.25, -0.2) is 15.0 Å². The topological polar surface area (TPSA) is 65.6 Å². The normalized spacial score (nSPS) is 11.3. The summed E-state index contributed by atoms with van der Waals surface area (Å²) in [5.74, 6) is 1.35. The van der Waals surface area contributed by atoms with Crippen LogP contribution in [-0.2, 0) is 6.54 Å². The second kappa shape index (κ2) is 6.42. The minimum Gasteiger partial charge on any atom is -0.315 e. The lowest BCUT2D eigenvalue weighted by molar-refractivity contribution is 0.112. The van der Waals surface area contributed by atoms with Gasteiger partial charge in [0.05, 0.1) is 11.8 Å². The fraction of sp³-hybridized carbons (Fsp3) is 0.0909. The van der Waals surface area contributed by atoms with Crippen LogP contribution in [-0.4, -0.2) is 30.4 Å². The fourth-order valence-corrected chi connectivity index (χ4v) is 3.44. The largest absolute Gasteiger partial charge is 0.315 e. The summed E-state index contributed by atoms with van der Waals surface area (Å²) in [5, 5.41) is 1.14. The SMILES string of the molecule is CCn1cnc2c(-n3ccc4ccccc43)nc(-c3ccc(C=O)cc3)nc21. The van der Waals surface area contributed by atoms with Crippen molar-refractivity contribution < 1.29 is 4.79 Å². The van der Waals surface area contributed by atoms with E-state index in [4.69, 9.17) is 9.97 Å². The number of rotatable bonds is 4. The first-order chi connectivity index (χ1) is 13.8. The van der Waals surface area contributed by atoms with Crippen LogP contribution in [0.5, 0.6) is 0 Å². The maximum atomic E-state index is 11.0. The first-order valence-electron chi connectivity index (χ1n) is 9.13. The average molecular weight is 367 g/mol. The van der Waals surface area contributed by atoms with Gasteiger partial charge >= 0.3 is 0 Å². The van der Waals surface area contributed by atoms with Crippen LogP contribution in [0.2, 0.25) is 0 Å². The van der Waals surface area contributed by atoms with Crippen LogP contribution in [0.1, 0.15) is 17.3 Å². The monoisotopic (exact) mass is 367 g/mol. The van der Waals surface area contributed by atoms with Crippen LogP contribution in [0.25, 0.3) is 39.3 Å². The Morgan fingerprint density at radius 3 is 2.61 bits per heavy atom. The maximum absolute atomic E-state index is 11.0. The van der Waals surface area contributed by atoms with Gasteiger partial charge in [0.1, 0.15) is 6.29 Å². The number of imidazole rings is 1. The van der Waals surface area contributed by atoms with Crippen molar-refractivity contribution in [2.75, 3.05) is 0 Å². The van der Waals surface area contributed by atoms with Gasteiger partial charge in [-0.05, 0) is 24.4 Å². The average Bonchev–Trinajstić information content (AvgIpc) is 3.37. The zero-order chi connectivity index (χ0) is 19.1. The van der Waals surface area contributed by atoms with E-state index in [1.807, 2.05) is 35.0 Å².